The Bertz CT molecular complexity index is 1240. The molecule has 0 fully saturated rings. The van der Waals surface area contributed by atoms with Gasteiger partial charge in [0.1, 0.15) is 12.1 Å². The molecule has 0 saturated heterocycles. The molecular formula is C26H28N4O5. The zero-order valence-electron chi connectivity index (χ0n) is 19.9. The second-order valence-corrected chi connectivity index (χ2v) is 8.75. The first-order valence-electron chi connectivity index (χ1n) is 11.4. The van der Waals surface area contributed by atoms with Gasteiger partial charge in [-0.2, -0.15) is 5.10 Å². The minimum Gasteiger partial charge on any atom is -0.480 e. The Balaban J connectivity index is 1.40. The van der Waals surface area contributed by atoms with Gasteiger partial charge < -0.3 is 20.5 Å². The van der Waals surface area contributed by atoms with E-state index in [0.29, 0.717) is 5.69 Å². The molecule has 2 aromatic carbocycles. The number of carbonyl (C=O) groups is 3. The van der Waals surface area contributed by atoms with Crippen LogP contribution in [0.25, 0.3) is 11.1 Å². The summed E-state index contributed by atoms with van der Waals surface area (Å²) < 4.78 is 7.01. The predicted molar refractivity (Wildman–Crippen MR) is 129 cm³/mol. The first-order valence-corrected chi connectivity index (χ1v) is 11.4. The number of hydrogen-bond acceptors (Lipinski definition) is 5. The van der Waals surface area contributed by atoms with Crippen LogP contribution in [0.1, 0.15) is 53.4 Å². The van der Waals surface area contributed by atoms with Gasteiger partial charge in [-0.25, -0.2) is 9.59 Å². The molecule has 9 nitrogen and oxygen atoms in total. The molecule has 0 spiro atoms. The molecule has 1 heterocycles. The van der Waals surface area contributed by atoms with Gasteiger partial charge in [-0.15, -0.1) is 0 Å². The summed E-state index contributed by atoms with van der Waals surface area (Å²) in [6.45, 7) is 3.29. The Morgan fingerprint density at radius 1 is 1.09 bits per heavy atom. The van der Waals surface area contributed by atoms with E-state index in [1.54, 1.807) is 14.0 Å². The van der Waals surface area contributed by atoms with E-state index in [9.17, 15) is 19.5 Å². The van der Waals surface area contributed by atoms with Gasteiger partial charge in [0, 0.05) is 13.0 Å². The van der Waals surface area contributed by atoms with Gasteiger partial charge in [0.25, 0.3) is 5.91 Å². The molecule has 2 amide bonds. The van der Waals surface area contributed by atoms with Crippen LogP contribution in [0.5, 0.6) is 0 Å². The summed E-state index contributed by atoms with van der Waals surface area (Å²) in [4.78, 5) is 36.8. The normalized spacial score (nSPS) is 13.9. The van der Waals surface area contributed by atoms with Crippen LogP contribution in [0.15, 0.2) is 54.7 Å². The molecule has 4 rings (SSSR count). The Morgan fingerprint density at radius 2 is 1.69 bits per heavy atom. The summed E-state index contributed by atoms with van der Waals surface area (Å²) in [7, 11) is 1.64. The average Bonchev–Trinajstić information content (AvgIpc) is 3.38. The number of carbonyl (C=O) groups excluding carboxylic acids is 2. The molecule has 182 valence electrons. The maximum Gasteiger partial charge on any atom is 0.407 e. The van der Waals surface area contributed by atoms with E-state index >= 15 is 0 Å². The van der Waals surface area contributed by atoms with E-state index in [4.69, 9.17) is 4.74 Å². The number of amides is 2. The number of aromatic nitrogens is 2. The zero-order chi connectivity index (χ0) is 25.2. The number of fused-ring (bicyclic) bond motifs is 3. The molecule has 0 radical (unpaired) electrons. The molecule has 9 heteroatoms. The number of ether oxygens (including phenoxy) is 1. The molecule has 3 aromatic rings. The van der Waals surface area contributed by atoms with Crippen LogP contribution in [0.4, 0.5) is 4.79 Å². The van der Waals surface area contributed by atoms with Crippen LogP contribution < -0.4 is 10.6 Å². The third-order valence-corrected chi connectivity index (χ3v) is 6.62. The number of hydrogen-bond donors (Lipinski definition) is 3. The minimum atomic E-state index is -1.41. The number of aliphatic carboxylic acids is 1. The Kier molecular flexibility index (Phi) is 6.59. The van der Waals surface area contributed by atoms with Crippen molar-refractivity contribution in [2.24, 2.45) is 7.05 Å². The fourth-order valence-corrected chi connectivity index (χ4v) is 4.28. The van der Waals surface area contributed by atoms with Crippen molar-refractivity contribution < 1.29 is 24.2 Å². The van der Waals surface area contributed by atoms with Crippen molar-refractivity contribution in [2.45, 2.75) is 38.3 Å². The van der Waals surface area contributed by atoms with E-state index in [1.807, 2.05) is 36.4 Å². The van der Waals surface area contributed by atoms with Crippen LogP contribution in [0, 0.1) is 0 Å². The van der Waals surface area contributed by atoms with Crippen molar-refractivity contribution in [3.8, 4) is 11.1 Å². The summed E-state index contributed by atoms with van der Waals surface area (Å²) in [5, 5.41) is 18.8. The Hall–Kier alpha value is -4.14. The molecule has 1 aliphatic carbocycles. The summed E-state index contributed by atoms with van der Waals surface area (Å²) in [5.41, 5.74) is 3.72. The highest BCUT2D eigenvalue weighted by Crippen LogP contribution is 2.44. The van der Waals surface area contributed by atoms with Crippen molar-refractivity contribution in [3.05, 3.63) is 77.1 Å². The van der Waals surface area contributed by atoms with E-state index in [1.165, 1.54) is 17.8 Å². The molecule has 1 aliphatic rings. The van der Waals surface area contributed by atoms with Crippen LogP contribution in [0.2, 0.25) is 0 Å². The van der Waals surface area contributed by atoms with Crippen LogP contribution in [0.3, 0.4) is 0 Å². The molecule has 0 bridgehead atoms. The highest BCUT2D eigenvalue weighted by molar-refractivity contribution is 5.98. The first-order chi connectivity index (χ1) is 16.7. The smallest absolute Gasteiger partial charge is 0.407 e. The number of carboxylic acids is 1. The largest absolute Gasteiger partial charge is 0.480 e. The quantitative estimate of drug-likeness (QED) is 0.458. The third-order valence-electron chi connectivity index (χ3n) is 6.62. The molecule has 1 aromatic heterocycles. The number of nitrogens with one attached hydrogen (secondary N) is 2. The summed E-state index contributed by atoms with van der Waals surface area (Å²) in [6, 6.07) is 16.2. The lowest BCUT2D eigenvalue weighted by Crippen LogP contribution is -2.51. The average molecular weight is 477 g/mol. The van der Waals surface area contributed by atoms with Gasteiger partial charge in [-0.1, -0.05) is 55.5 Å². The van der Waals surface area contributed by atoms with Crippen LogP contribution >= 0.6 is 0 Å². The van der Waals surface area contributed by atoms with Crippen molar-refractivity contribution >= 4 is 18.0 Å². The van der Waals surface area contributed by atoms with E-state index in [-0.39, 0.29) is 31.1 Å². The summed E-state index contributed by atoms with van der Waals surface area (Å²) >= 11 is 0. The van der Waals surface area contributed by atoms with Gasteiger partial charge in [-0.05, 0) is 35.6 Å². The number of alkyl carbamates (subject to hydrolysis) is 1. The predicted octanol–water partition coefficient (Wildman–Crippen LogP) is 3.44. The van der Waals surface area contributed by atoms with Crippen molar-refractivity contribution in [2.75, 3.05) is 6.61 Å². The monoisotopic (exact) mass is 476 g/mol. The minimum absolute atomic E-state index is 0.00810. The highest BCUT2D eigenvalue weighted by Gasteiger charge is 2.34. The number of nitrogens with zero attached hydrogens (tertiary/aromatic N) is 2. The maximum absolute atomic E-state index is 12.8. The van der Waals surface area contributed by atoms with Gasteiger partial charge >= 0.3 is 12.1 Å². The topological polar surface area (TPSA) is 123 Å². The van der Waals surface area contributed by atoms with Crippen molar-refractivity contribution in [3.63, 3.8) is 0 Å². The van der Waals surface area contributed by atoms with Crippen molar-refractivity contribution in [1.82, 2.24) is 20.4 Å². The SMILES string of the molecule is CCC(C)(NC(=O)c1cnn(C)c1CNC(=O)OCC1c2ccccc2-c2ccccc21)C(=O)O. The van der Waals surface area contributed by atoms with Gasteiger partial charge in [0.05, 0.1) is 24.0 Å². The first kappa shape index (κ1) is 24.0. The van der Waals surface area contributed by atoms with E-state index in [2.05, 4.69) is 27.9 Å². The van der Waals surface area contributed by atoms with Crippen molar-refractivity contribution in [1.29, 1.82) is 0 Å². The fourth-order valence-electron chi connectivity index (χ4n) is 4.28. The molecule has 1 unspecified atom stereocenters. The molecule has 0 saturated carbocycles. The number of aryl methyl sites for hydroxylation is 1. The number of carboxylic acid groups (broad SMARTS) is 1. The molecule has 1 atom stereocenters. The Labute approximate surface area is 203 Å². The molecular weight excluding hydrogens is 448 g/mol. The number of benzene rings is 2. The van der Waals surface area contributed by atoms with Gasteiger partial charge in [0.15, 0.2) is 0 Å². The van der Waals surface area contributed by atoms with Crippen LogP contribution in [-0.4, -0.2) is 45.0 Å². The van der Waals surface area contributed by atoms with Gasteiger partial charge in [-0.3, -0.25) is 9.48 Å². The van der Waals surface area contributed by atoms with Gasteiger partial charge in [0.2, 0.25) is 0 Å². The lowest BCUT2D eigenvalue weighted by molar-refractivity contribution is -0.143. The lowest BCUT2D eigenvalue weighted by atomic mass is 9.98. The van der Waals surface area contributed by atoms with Crippen LogP contribution in [-0.2, 0) is 23.1 Å². The second kappa shape index (κ2) is 9.61. The number of rotatable bonds is 8. The lowest BCUT2D eigenvalue weighted by Gasteiger charge is -2.24. The second-order valence-electron chi connectivity index (χ2n) is 8.75. The summed E-state index contributed by atoms with van der Waals surface area (Å²) in [6.07, 6.45) is 0.937. The standard InChI is InChI=1S/C26H28N4O5/c1-4-26(2,24(32)33)29-23(31)20-13-28-30(3)22(20)14-27-25(34)35-15-21-18-11-7-5-9-16(18)17-10-6-8-12-19(17)21/h5-13,21H,4,14-15H2,1-3H3,(H,27,34)(H,29,31)(H,32,33). The Morgan fingerprint density at radius 3 is 2.26 bits per heavy atom. The summed E-state index contributed by atoms with van der Waals surface area (Å²) in [5.74, 6) is -1.77. The maximum atomic E-state index is 12.8. The molecule has 35 heavy (non-hydrogen) atoms. The third kappa shape index (κ3) is 4.62. The fraction of sp³-hybridized carbons (Fsp3) is 0.308. The highest BCUT2D eigenvalue weighted by atomic mass is 16.5. The zero-order valence-corrected chi connectivity index (χ0v) is 19.9. The van der Waals surface area contributed by atoms with E-state index < -0.39 is 23.5 Å². The van der Waals surface area contributed by atoms with E-state index in [0.717, 1.165) is 22.3 Å². The molecule has 0 aliphatic heterocycles. The molecule has 3 N–H and O–H groups in total.